The zero-order valence-corrected chi connectivity index (χ0v) is 15.4. The van der Waals surface area contributed by atoms with E-state index in [-0.39, 0.29) is 5.91 Å². The Balaban J connectivity index is 1.33. The Morgan fingerprint density at radius 1 is 0.786 bits per heavy atom. The third kappa shape index (κ3) is 4.35. The summed E-state index contributed by atoms with van der Waals surface area (Å²) in [7, 11) is 0. The van der Waals surface area contributed by atoms with Crippen LogP contribution in [0.4, 0.5) is 5.69 Å². The summed E-state index contributed by atoms with van der Waals surface area (Å²) in [5.41, 5.74) is 4.90. The molecule has 0 unspecified atom stereocenters. The van der Waals surface area contributed by atoms with Crippen molar-refractivity contribution >= 4 is 22.5 Å². The first-order chi connectivity index (χ1) is 13.8. The lowest BCUT2D eigenvalue weighted by molar-refractivity contribution is 0.0951. The van der Waals surface area contributed by atoms with Crippen molar-refractivity contribution in [1.82, 2.24) is 10.3 Å². The van der Waals surface area contributed by atoms with E-state index in [1.165, 1.54) is 5.56 Å². The number of nitrogens with zero attached hydrogens (tertiary/aromatic N) is 1. The van der Waals surface area contributed by atoms with Crippen molar-refractivity contribution in [3.05, 3.63) is 108 Å². The quantitative estimate of drug-likeness (QED) is 0.516. The molecule has 28 heavy (non-hydrogen) atoms. The molecular weight excluding hydrogens is 346 g/mol. The standard InChI is InChI=1S/C24H21N3O/c28-24(21-12-13-23-20(15-21)5-4-14-25-23)27-17-19-10-8-18(9-11-19)16-26-22-6-2-1-3-7-22/h1-15,26H,16-17H2,(H,27,28). The topological polar surface area (TPSA) is 54.0 Å². The molecule has 1 amide bonds. The molecule has 0 fully saturated rings. The number of carbonyl (C=O) groups is 1. The maximum Gasteiger partial charge on any atom is 0.251 e. The van der Waals surface area contributed by atoms with Gasteiger partial charge in [0, 0.05) is 35.9 Å². The Kier molecular flexibility index (Phi) is 5.29. The third-order valence-corrected chi connectivity index (χ3v) is 4.61. The molecule has 1 aromatic heterocycles. The molecule has 2 N–H and O–H groups in total. The van der Waals surface area contributed by atoms with Crippen LogP contribution in [0.2, 0.25) is 0 Å². The number of hydrogen-bond acceptors (Lipinski definition) is 3. The third-order valence-electron chi connectivity index (χ3n) is 4.61. The van der Waals surface area contributed by atoms with Crippen molar-refractivity contribution in [3.63, 3.8) is 0 Å². The maximum absolute atomic E-state index is 12.4. The van der Waals surface area contributed by atoms with Gasteiger partial charge in [0.15, 0.2) is 0 Å². The summed E-state index contributed by atoms with van der Waals surface area (Å²) in [6.45, 7) is 1.26. The van der Waals surface area contributed by atoms with E-state index in [4.69, 9.17) is 0 Å². The van der Waals surface area contributed by atoms with E-state index in [0.29, 0.717) is 12.1 Å². The molecule has 0 aliphatic rings. The first-order valence-electron chi connectivity index (χ1n) is 9.28. The summed E-state index contributed by atoms with van der Waals surface area (Å²) >= 11 is 0. The fraction of sp³-hybridized carbons (Fsp3) is 0.0833. The Morgan fingerprint density at radius 3 is 2.32 bits per heavy atom. The molecular formula is C24H21N3O. The maximum atomic E-state index is 12.4. The molecule has 0 atom stereocenters. The van der Waals surface area contributed by atoms with Crippen LogP contribution in [0.5, 0.6) is 0 Å². The van der Waals surface area contributed by atoms with Crippen molar-refractivity contribution in [2.24, 2.45) is 0 Å². The number of nitrogens with one attached hydrogen (secondary N) is 2. The zero-order valence-electron chi connectivity index (χ0n) is 15.4. The van der Waals surface area contributed by atoms with Gasteiger partial charge in [-0.15, -0.1) is 0 Å². The van der Waals surface area contributed by atoms with Gasteiger partial charge in [0.1, 0.15) is 0 Å². The van der Waals surface area contributed by atoms with Crippen LogP contribution in [-0.4, -0.2) is 10.9 Å². The summed E-state index contributed by atoms with van der Waals surface area (Å²) in [5, 5.41) is 7.34. The van der Waals surface area contributed by atoms with E-state index in [1.807, 2.05) is 72.8 Å². The van der Waals surface area contributed by atoms with Crippen LogP contribution >= 0.6 is 0 Å². The van der Waals surface area contributed by atoms with Gasteiger partial charge < -0.3 is 10.6 Å². The van der Waals surface area contributed by atoms with E-state index >= 15 is 0 Å². The highest BCUT2D eigenvalue weighted by atomic mass is 16.1. The van der Waals surface area contributed by atoms with Crippen molar-refractivity contribution in [2.45, 2.75) is 13.1 Å². The molecule has 0 radical (unpaired) electrons. The monoisotopic (exact) mass is 367 g/mol. The number of benzene rings is 3. The molecule has 0 aliphatic heterocycles. The van der Waals surface area contributed by atoms with Crippen LogP contribution in [0.3, 0.4) is 0 Å². The number of amides is 1. The second-order valence-electron chi connectivity index (χ2n) is 6.63. The van der Waals surface area contributed by atoms with Gasteiger partial charge in [-0.05, 0) is 47.5 Å². The summed E-state index contributed by atoms with van der Waals surface area (Å²) < 4.78 is 0. The number of anilines is 1. The lowest BCUT2D eigenvalue weighted by atomic mass is 10.1. The van der Waals surface area contributed by atoms with Gasteiger partial charge in [-0.3, -0.25) is 9.78 Å². The van der Waals surface area contributed by atoms with Crippen molar-refractivity contribution in [2.75, 3.05) is 5.32 Å². The minimum absolute atomic E-state index is 0.0828. The van der Waals surface area contributed by atoms with E-state index in [0.717, 1.165) is 28.7 Å². The minimum Gasteiger partial charge on any atom is -0.381 e. The average molecular weight is 367 g/mol. The predicted octanol–water partition coefficient (Wildman–Crippen LogP) is 4.78. The number of fused-ring (bicyclic) bond motifs is 1. The fourth-order valence-electron chi connectivity index (χ4n) is 3.04. The van der Waals surface area contributed by atoms with E-state index < -0.39 is 0 Å². The molecule has 0 saturated heterocycles. The number of hydrogen-bond donors (Lipinski definition) is 2. The molecule has 1 heterocycles. The normalized spacial score (nSPS) is 10.6. The number of aromatic nitrogens is 1. The van der Waals surface area contributed by atoms with Crippen LogP contribution in [-0.2, 0) is 13.1 Å². The van der Waals surface area contributed by atoms with E-state index in [2.05, 4.69) is 27.8 Å². The van der Waals surface area contributed by atoms with Crippen molar-refractivity contribution in [3.8, 4) is 0 Å². The number of carbonyl (C=O) groups excluding carboxylic acids is 1. The van der Waals surface area contributed by atoms with Gasteiger partial charge in [0.25, 0.3) is 5.91 Å². The lowest BCUT2D eigenvalue weighted by Crippen LogP contribution is -2.22. The van der Waals surface area contributed by atoms with Gasteiger partial charge in [-0.25, -0.2) is 0 Å². The Hall–Kier alpha value is -3.66. The van der Waals surface area contributed by atoms with Crippen LogP contribution in [0, 0.1) is 0 Å². The summed E-state index contributed by atoms with van der Waals surface area (Å²) in [6.07, 6.45) is 1.75. The Labute approximate surface area is 164 Å². The molecule has 0 saturated carbocycles. The zero-order chi connectivity index (χ0) is 19.2. The molecule has 4 aromatic rings. The van der Waals surface area contributed by atoms with Gasteiger partial charge >= 0.3 is 0 Å². The Bertz CT molecular complexity index is 1080. The molecule has 0 spiro atoms. The largest absolute Gasteiger partial charge is 0.381 e. The van der Waals surface area contributed by atoms with Gasteiger partial charge in [0.2, 0.25) is 0 Å². The lowest BCUT2D eigenvalue weighted by Gasteiger charge is -2.09. The number of rotatable bonds is 6. The first-order valence-corrected chi connectivity index (χ1v) is 9.28. The molecule has 0 bridgehead atoms. The summed E-state index contributed by atoms with van der Waals surface area (Å²) in [6, 6.07) is 27.8. The summed E-state index contributed by atoms with van der Waals surface area (Å²) in [4.78, 5) is 16.7. The molecule has 3 aromatic carbocycles. The van der Waals surface area contributed by atoms with Crippen LogP contribution < -0.4 is 10.6 Å². The fourth-order valence-corrected chi connectivity index (χ4v) is 3.04. The smallest absolute Gasteiger partial charge is 0.251 e. The second kappa shape index (κ2) is 8.35. The van der Waals surface area contributed by atoms with Gasteiger partial charge in [-0.2, -0.15) is 0 Å². The number of para-hydroxylation sites is 1. The highest BCUT2D eigenvalue weighted by Gasteiger charge is 2.06. The van der Waals surface area contributed by atoms with E-state index in [9.17, 15) is 4.79 Å². The molecule has 4 heteroatoms. The molecule has 4 nitrogen and oxygen atoms in total. The van der Waals surface area contributed by atoms with Gasteiger partial charge in [-0.1, -0.05) is 48.5 Å². The Morgan fingerprint density at radius 2 is 1.54 bits per heavy atom. The SMILES string of the molecule is O=C(NCc1ccc(CNc2ccccc2)cc1)c1ccc2ncccc2c1. The van der Waals surface area contributed by atoms with Crippen LogP contribution in [0.1, 0.15) is 21.5 Å². The first kappa shape index (κ1) is 17.7. The highest BCUT2D eigenvalue weighted by Crippen LogP contribution is 2.14. The van der Waals surface area contributed by atoms with Crippen molar-refractivity contribution in [1.29, 1.82) is 0 Å². The molecule has 0 aliphatic carbocycles. The second-order valence-corrected chi connectivity index (χ2v) is 6.63. The van der Waals surface area contributed by atoms with Crippen LogP contribution in [0.25, 0.3) is 10.9 Å². The predicted molar refractivity (Wildman–Crippen MR) is 113 cm³/mol. The molecule has 4 rings (SSSR count). The van der Waals surface area contributed by atoms with Crippen LogP contribution in [0.15, 0.2) is 91.1 Å². The minimum atomic E-state index is -0.0828. The summed E-state index contributed by atoms with van der Waals surface area (Å²) in [5.74, 6) is -0.0828. The average Bonchev–Trinajstić information content (AvgIpc) is 2.77. The van der Waals surface area contributed by atoms with Gasteiger partial charge in [0.05, 0.1) is 5.52 Å². The number of pyridine rings is 1. The molecule has 138 valence electrons. The van der Waals surface area contributed by atoms with E-state index in [1.54, 1.807) is 6.20 Å². The van der Waals surface area contributed by atoms with Crippen molar-refractivity contribution < 1.29 is 4.79 Å². The highest BCUT2D eigenvalue weighted by molar-refractivity contribution is 5.97.